The van der Waals surface area contributed by atoms with Gasteiger partial charge in [-0.3, -0.25) is 4.90 Å². The molecule has 0 aromatic carbocycles. The van der Waals surface area contributed by atoms with Gasteiger partial charge in [-0.05, 0) is 19.8 Å². The van der Waals surface area contributed by atoms with Gasteiger partial charge in [-0.2, -0.15) is 0 Å². The fraction of sp³-hybridized carbons (Fsp3) is 0.800. The molecule has 12 heavy (non-hydrogen) atoms. The van der Waals surface area contributed by atoms with Gasteiger partial charge in [0, 0.05) is 18.7 Å². The van der Waals surface area contributed by atoms with Crippen LogP contribution in [0.5, 0.6) is 0 Å². The van der Waals surface area contributed by atoms with Crippen molar-refractivity contribution < 1.29 is 4.74 Å². The summed E-state index contributed by atoms with van der Waals surface area (Å²) in [6, 6.07) is 0. The first kappa shape index (κ1) is 8.10. The van der Waals surface area contributed by atoms with Crippen LogP contribution in [0.25, 0.3) is 0 Å². The Hall–Kier alpha value is -0.520. The van der Waals surface area contributed by atoms with Crippen molar-refractivity contribution in [3.8, 4) is 11.8 Å². The summed E-state index contributed by atoms with van der Waals surface area (Å²) in [5.41, 5.74) is 0.393. The molecule has 0 aliphatic carbocycles. The van der Waals surface area contributed by atoms with Crippen molar-refractivity contribution in [2.24, 2.45) is 0 Å². The van der Waals surface area contributed by atoms with Gasteiger partial charge in [-0.15, -0.1) is 5.92 Å². The molecular weight excluding hydrogens is 150 g/mol. The van der Waals surface area contributed by atoms with Gasteiger partial charge >= 0.3 is 0 Å². The van der Waals surface area contributed by atoms with Crippen LogP contribution in [0.15, 0.2) is 0 Å². The van der Waals surface area contributed by atoms with Gasteiger partial charge in [0.1, 0.15) is 0 Å². The summed E-state index contributed by atoms with van der Waals surface area (Å²) in [5.74, 6) is 6.06. The summed E-state index contributed by atoms with van der Waals surface area (Å²) in [6.07, 6.45) is 2.51. The molecule has 2 heteroatoms. The third-order valence-electron chi connectivity index (χ3n) is 3.05. The zero-order chi connectivity index (χ0) is 8.44. The lowest BCUT2D eigenvalue weighted by molar-refractivity contribution is -0.00906. The average Bonchev–Trinajstić information content (AvgIpc) is 2.53. The monoisotopic (exact) mass is 165 g/mol. The van der Waals surface area contributed by atoms with Crippen molar-refractivity contribution in [3.05, 3.63) is 0 Å². The van der Waals surface area contributed by atoms with E-state index in [1.807, 2.05) is 6.92 Å². The highest BCUT2D eigenvalue weighted by Crippen LogP contribution is 2.37. The van der Waals surface area contributed by atoms with Crippen LogP contribution in [0.3, 0.4) is 0 Å². The molecule has 0 amide bonds. The molecule has 1 unspecified atom stereocenters. The van der Waals surface area contributed by atoms with Crippen LogP contribution in [0.4, 0.5) is 0 Å². The van der Waals surface area contributed by atoms with E-state index in [2.05, 4.69) is 16.7 Å². The SMILES string of the molecule is CC#CCN1CCC12CCOC2. The highest BCUT2D eigenvalue weighted by Gasteiger charge is 2.46. The molecule has 1 atom stereocenters. The van der Waals surface area contributed by atoms with Crippen molar-refractivity contribution in [1.29, 1.82) is 0 Å². The largest absolute Gasteiger partial charge is 0.379 e. The molecule has 0 bridgehead atoms. The van der Waals surface area contributed by atoms with E-state index in [0.29, 0.717) is 5.54 Å². The second-order valence-corrected chi connectivity index (χ2v) is 3.63. The van der Waals surface area contributed by atoms with E-state index in [1.54, 1.807) is 0 Å². The lowest BCUT2D eigenvalue weighted by Crippen LogP contribution is -2.60. The fourth-order valence-corrected chi connectivity index (χ4v) is 2.05. The average molecular weight is 165 g/mol. The minimum absolute atomic E-state index is 0.393. The Balaban J connectivity index is 1.94. The Morgan fingerprint density at radius 1 is 1.50 bits per heavy atom. The summed E-state index contributed by atoms with van der Waals surface area (Å²) in [6.45, 7) is 5.91. The Bertz CT molecular complexity index is 220. The third kappa shape index (κ3) is 1.14. The highest BCUT2D eigenvalue weighted by atomic mass is 16.5. The van der Waals surface area contributed by atoms with Crippen LogP contribution in [-0.2, 0) is 4.74 Å². The maximum atomic E-state index is 5.42. The number of rotatable bonds is 1. The molecule has 2 aliphatic heterocycles. The highest BCUT2D eigenvalue weighted by molar-refractivity contribution is 5.08. The van der Waals surface area contributed by atoms with Crippen LogP contribution in [0, 0.1) is 11.8 Å². The van der Waals surface area contributed by atoms with Crippen molar-refractivity contribution in [2.75, 3.05) is 26.3 Å². The molecule has 1 spiro atoms. The molecule has 2 rings (SSSR count). The van der Waals surface area contributed by atoms with Crippen molar-refractivity contribution >= 4 is 0 Å². The van der Waals surface area contributed by atoms with Crippen molar-refractivity contribution in [3.63, 3.8) is 0 Å². The first-order valence-corrected chi connectivity index (χ1v) is 4.60. The fourth-order valence-electron chi connectivity index (χ4n) is 2.05. The summed E-state index contributed by atoms with van der Waals surface area (Å²) < 4.78 is 5.42. The van der Waals surface area contributed by atoms with E-state index in [-0.39, 0.29) is 0 Å². The Labute approximate surface area is 73.9 Å². The zero-order valence-corrected chi connectivity index (χ0v) is 7.60. The van der Waals surface area contributed by atoms with Gasteiger partial charge in [0.25, 0.3) is 0 Å². The van der Waals surface area contributed by atoms with Gasteiger partial charge in [0.15, 0.2) is 0 Å². The van der Waals surface area contributed by atoms with Crippen molar-refractivity contribution in [1.82, 2.24) is 4.90 Å². The minimum Gasteiger partial charge on any atom is -0.379 e. The summed E-state index contributed by atoms with van der Waals surface area (Å²) in [7, 11) is 0. The molecule has 0 N–H and O–H groups in total. The van der Waals surface area contributed by atoms with Crippen LogP contribution < -0.4 is 0 Å². The number of hydrogen-bond acceptors (Lipinski definition) is 2. The molecule has 66 valence electrons. The minimum atomic E-state index is 0.393. The molecule has 0 saturated carbocycles. The first-order chi connectivity index (χ1) is 5.87. The molecule has 2 nitrogen and oxygen atoms in total. The molecule has 2 fully saturated rings. The van der Waals surface area contributed by atoms with Crippen LogP contribution in [0.1, 0.15) is 19.8 Å². The lowest BCUT2D eigenvalue weighted by Gasteiger charge is -2.48. The number of hydrogen-bond donors (Lipinski definition) is 0. The second kappa shape index (κ2) is 3.08. The Morgan fingerprint density at radius 3 is 2.92 bits per heavy atom. The normalized spacial score (nSPS) is 34.4. The maximum absolute atomic E-state index is 5.42. The van der Waals surface area contributed by atoms with E-state index in [0.717, 1.165) is 19.8 Å². The van der Waals surface area contributed by atoms with E-state index >= 15 is 0 Å². The lowest BCUT2D eigenvalue weighted by atomic mass is 9.84. The van der Waals surface area contributed by atoms with Gasteiger partial charge < -0.3 is 4.74 Å². The topological polar surface area (TPSA) is 12.5 Å². The maximum Gasteiger partial charge on any atom is 0.0652 e. The number of nitrogens with zero attached hydrogens (tertiary/aromatic N) is 1. The van der Waals surface area contributed by atoms with Crippen molar-refractivity contribution in [2.45, 2.75) is 25.3 Å². The molecule has 0 radical (unpaired) electrons. The van der Waals surface area contributed by atoms with Gasteiger partial charge in [-0.25, -0.2) is 0 Å². The number of likely N-dealkylation sites (tertiary alicyclic amines) is 1. The van der Waals surface area contributed by atoms with Gasteiger partial charge in [0.2, 0.25) is 0 Å². The number of ether oxygens (including phenoxy) is 1. The smallest absolute Gasteiger partial charge is 0.0652 e. The van der Waals surface area contributed by atoms with Crippen LogP contribution in [0.2, 0.25) is 0 Å². The predicted octanol–water partition coefficient (Wildman–Crippen LogP) is 0.874. The standard InChI is InChI=1S/C10H15NO/c1-2-3-6-11-7-4-10(11)5-8-12-9-10/h4-9H2,1H3. The molecule has 2 saturated heterocycles. The predicted molar refractivity (Wildman–Crippen MR) is 47.8 cm³/mol. The van der Waals surface area contributed by atoms with Gasteiger partial charge in [0.05, 0.1) is 13.2 Å². The van der Waals surface area contributed by atoms with E-state index in [1.165, 1.54) is 19.4 Å². The molecular formula is C10H15NO. The van der Waals surface area contributed by atoms with E-state index in [4.69, 9.17) is 4.74 Å². The van der Waals surface area contributed by atoms with Gasteiger partial charge in [-0.1, -0.05) is 5.92 Å². The Morgan fingerprint density at radius 2 is 2.42 bits per heavy atom. The molecule has 2 aliphatic rings. The summed E-state index contributed by atoms with van der Waals surface area (Å²) in [5, 5.41) is 0. The summed E-state index contributed by atoms with van der Waals surface area (Å²) >= 11 is 0. The first-order valence-electron chi connectivity index (χ1n) is 4.60. The third-order valence-corrected chi connectivity index (χ3v) is 3.05. The van der Waals surface area contributed by atoms with E-state index in [9.17, 15) is 0 Å². The second-order valence-electron chi connectivity index (χ2n) is 3.63. The van der Waals surface area contributed by atoms with Crippen LogP contribution >= 0.6 is 0 Å². The molecule has 2 heterocycles. The summed E-state index contributed by atoms with van der Waals surface area (Å²) in [4.78, 5) is 2.45. The van der Waals surface area contributed by atoms with E-state index < -0.39 is 0 Å². The van der Waals surface area contributed by atoms with Crippen LogP contribution in [-0.4, -0.2) is 36.7 Å². The molecule has 0 aromatic heterocycles. The zero-order valence-electron chi connectivity index (χ0n) is 7.60. The quantitative estimate of drug-likeness (QED) is 0.535. The Kier molecular flexibility index (Phi) is 2.08. The molecule has 0 aromatic rings.